The molecule has 0 bridgehead atoms. The molecule has 1 unspecified atom stereocenters. The monoisotopic (exact) mass is 235 g/mol. The topological polar surface area (TPSA) is 86.6 Å². The SMILES string of the molecule is CC(=O)Nc1ccc(C(O)C=CC(=O)O)cc1. The van der Waals surface area contributed by atoms with Crippen molar-refractivity contribution >= 4 is 17.6 Å². The Bertz CT molecular complexity index is 436. The van der Waals surface area contributed by atoms with Crippen LogP contribution in [0.25, 0.3) is 0 Å². The van der Waals surface area contributed by atoms with Gasteiger partial charge in [-0.3, -0.25) is 4.79 Å². The van der Waals surface area contributed by atoms with Gasteiger partial charge in [-0.25, -0.2) is 4.79 Å². The fraction of sp³-hybridized carbons (Fsp3) is 0.167. The molecule has 5 nitrogen and oxygen atoms in total. The number of aliphatic hydroxyl groups is 1. The first-order valence-corrected chi connectivity index (χ1v) is 4.96. The molecule has 0 aliphatic heterocycles. The lowest BCUT2D eigenvalue weighted by Crippen LogP contribution is -2.05. The average Bonchev–Trinajstić information content (AvgIpc) is 2.26. The van der Waals surface area contributed by atoms with Crippen molar-refractivity contribution in [3.8, 4) is 0 Å². The molecule has 0 aromatic heterocycles. The molecule has 90 valence electrons. The van der Waals surface area contributed by atoms with Crippen LogP contribution in [-0.4, -0.2) is 22.1 Å². The molecule has 0 saturated heterocycles. The van der Waals surface area contributed by atoms with Crippen LogP contribution < -0.4 is 5.32 Å². The van der Waals surface area contributed by atoms with E-state index in [1.807, 2.05) is 0 Å². The van der Waals surface area contributed by atoms with Crippen molar-refractivity contribution < 1.29 is 19.8 Å². The van der Waals surface area contributed by atoms with Crippen LogP contribution in [0, 0.1) is 0 Å². The molecule has 0 radical (unpaired) electrons. The largest absolute Gasteiger partial charge is 0.478 e. The molecule has 1 atom stereocenters. The Kier molecular flexibility index (Phi) is 4.42. The van der Waals surface area contributed by atoms with Gasteiger partial charge in [-0.15, -0.1) is 0 Å². The zero-order valence-electron chi connectivity index (χ0n) is 9.25. The molecule has 0 aliphatic rings. The van der Waals surface area contributed by atoms with Gasteiger partial charge < -0.3 is 15.5 Å². The number of aliphatic carboxylic acids is 1. The van der Waals surface area contributed by atoms with Crippen molar-refractivity contribution in [3.63, 3.8) is 0 Å². The lowest BCUT2D eigenvalue weighted by Gasteiger charge is -2.07. The maximum atomic E-state index is 10.8. The van der Waals surface area contributed by atoms with E-state index < -0.39 is 12.1 Å². The molecular formula is C12H13NO4. The summed E-state index contributed by atoms with van der Waals surface area (Å²) in [6, 6.07) is 6.49. The van der Waals surface area contributed by atoms with Crippen LogP contribution in [0.3, 0.4) is 0 Å². The standard InChI is InChI=1S/C12H13NO4/c1-8(14)13-10-4-2-9(3-5-10)11(15)6-7-12(16)17/h2-7,11,15H,1H3,(H,13,14)(H,16,17). The molecule has 1 aromatic rings. The van der Waals surface area contributed by atoms with Gasteiger partial charge in [0.2, 0.25) is 5.91 Å². The van der Waals surface area contributed by atoms with Crippen molar-refractivity contribution in [1.29, 1.82) is 0 Å². The average molecular weight is 235 g/mol. The molecule has 3 N–H and O–H groups in total. The zero-order chi connectivity index (χ0) is 12.8. The van der Waals surface area contributed by atoms with E-state index >= 15 is 0 Å². The van der Waals surface area contributed by atoms with E-state index in [0.717, 1.165) is 6.08 Å². The first-order valence-electron chi connectivity index (χ1n) is 4.96. The second kappa shape index (κ2) is 5.81. The minimum absolute atomic E-state index is 0.177. The molecule has 0 heterocycles. The van der Waals surface area contributed by atoms with E-state index in [-0.39, 0.29) is 5.91 Å². The lowest BCUT2D eigenvalue weighted by atomic mass is 10.1. The van der Waals surface area contributed by atoms with Crippen LogP contribution in [0.4, 0.5) is 5.69 Å². The van der Waals surface area contributed by atoms with Gasteiger partial charge >= 0.3 is 5.97 Å². The predicted molar refractivity (Wildman–Crippen MR) is 62.5 cm³/mol. The molecule has 0 spiro atoms. The molecular weight excluding hydrogens is 222 g/mol. The van der Waals surface area contributed by atoms with Gasteiger partial charge in [0.25, 0.3) is 0 Å². The Balaban J connectivity index is 2.73. The summed E-state index contributed by atoms with van der Waals surface area (Å²) in [6.45, 7) is 1.40. The Morgan fingerprint density at radius 3 is 2.35 bits per heavy atom. The third-order valence-corrected chi connectivity index (χ3v) is 1.99. The highest BCUT2D eigenvalue weighted by atomic mass is 16.4. The highest BCUT2D eigenvalue weighted by Gasteiger charge is 2.04. The molecule has 5 heteroatoms. The van der Waals surface area contributed by atoms with E-state index in [2.05, 4.69) is 5.32 Å². The number of rotatable bonds is 4. The van der Waals surface area contributed by atoms with Crippen LogP contribution in [0.5, 0.6) is 0 Å². The first-order chi connectivity index (χ1) is 7.99. The van der Waals surface area contributed by atoms with Crippen LogP contribution in [0.1, 0.15) is 18.6 Å². The van der Waals surface area contributed by atoms with Gasteiger partial charge in [-0.1, -0.05) is 12.1 Å². The zero-order valence-corrected chi connectivity index (χ0v) is 9.25. The summed E-state index contributed by atoms with van der Waals surface area (Å²) in [5.41, 5.74) is 1.17. The summed E-state index contributed by atoms with van der Waals surface area (Å²) >= 11 is 0. The number of anilines is 1. The number of carboxylic acids is 1. The summed E-state index contributed by atoms with van der Waals surface area (Å²) < 4.78 is 0. The summed E-state index contributed by atoms with van der Waals surface area (Å²) in [5.74, 6) is -1.29. The smallest absolute Gasteiger partial charge is 0.328 e. The normalized spacial score (nSPS) is 12.4. The van der Waals surface area contributed by atoms with E-state index in [0.29, 0.717) is 11.3 Å². The van der Waals surface area contributed by atoms with Crippen molar-refractivity contribution in [2.45, 2.75) is 13.0 Å². The Morgan fingerprint density at radius 1 is 1.29 bits per heavy atom. The number of hydrogen-bond acceptors (Lipinski definition) is 3. The van der Waals surface area contributed by atoms with E-state index in [1.54, 1.807) is 24.3 Å². The Morgan fingerprint density at radius 2 is 1.88 bits per heavy atom. The summed E-state index contributed by atoms with van der Waals surface area (Å²) in [4.78, 5) is 21.0. The van der Waals surface area contributed by atoms with Crippen molar-refractivity contribution in [1.82, 2.24) is 0 Å². The van der Waals surface area contributed by atoms with Crippen molar-refractivity contribution in [3.05, 3.63) is 42.0 Å². The van der Waals surface area contributed by atoms with Crippen molar-refractivity contribution in [2.75, 3.05) is 5.32 Å². The summed E-state index contributed by atoms with van der Waals surface area (Å²) in [6.07, 6.45) is 1.08. The number of amides is 1. The molecule has 0 fully saturated rings. The molecule has 1 amide bonds. The summed E-state index contributed by atoms with van der Waals surface area (Å²) in [5, 5.41) is 20.6. The molecule has 17 heavy (non-hydrogen) atoms. The fourth-order valence-corrected chi connectivity index (χ4v) is 1.25. The third kappa shape index (κ3) is 4.48. The second-order valence-electron chi connectivity index (χ2n) is 3.45. The molecule has 1 aromatic carbocycles. The number of carboxylic acid groups (broad SMARTS) is 1. The van der Waals surface area contributed by atoms with Gasteiger partial charge in [0.15, 0.2) is 0 Å². The molecule has 0 saturated carbocycles. The highest BCUT2D eigenvalue weighted by Crippen LogP contribution is 2.17. The number of carbonyl (C=O) groups is 2. The second-order valence-corrected chi connectivity index (χ2v) is 3.45. The predicted octanol–water partition coefficient (Wildman–Crippen LogP) is 1.32. The summed E-state index contributed by atoms with van der Waals surface area (Å²) in [7, 11) is 0. The van der Waals surface area contributed by atoms with E-state index in [4.69, 9.17) is 5.11 Å². The molecule has 0 aliphatic carbocycles. The number of nitrogens with one attached hydrogen (secondary N) is 1. The maximum Gasteiger partial charge on any atom is 0.328 e. The van der Waals surface area contributed by atoms with Crippen LogP contribution in [0.2, 0.25) is 0 Å². The van der Waals surface area contributed by atoms with Gasteiger partial charge in [-0.2, -0.15) is 0 Å². The quantitative estimate of drug-likeness (QED) is 0.687. The minimum Gasteiger partial charge on any atom is -0.478 e. The Hall–Kier alpha value is -2.14. The number of benzene rings is 1. The number of hydrogen-bond donors (Lipinski definition) is 3. The highest BCUT2D eigenvalue weighted by molar-refractivity contribution is 5.88. The van der Waals surface area contributed by atoms with Gasteiger partial charge in [0.05, 0.1) is 6.10 Å². The number of aliphatic hydroxyl groups excluding tert-OH is 1. The van der Waals surface area contributed by atoms with Crippen LogP contribution in [-0.2, 0) is 9.59 Å². The Labute approximate surface area is 98.4 Å². The van der Waals surface area contributed by atoms with Gasteiger partial charge in [0.1, 0.15) is 0 Å². The van der Waals surface area contributed by atoms with Gasteiger partial charge in [0, 0.05) is 18.7 Å². The minimum atomic E-state index is -1.11. The van der Waals surface area contributed by atoms with E-state index in [9.17, 15) is 14.7 Å². The van der Waals surface area contributed by atoms with Crippen LogP contribution in [0.15, 0.2) is 36.4 Å². The van der Waals surface area contributed by atoms with Crippen molar-refractivity contribution in [2.24, 2.45) is 0 Å². The number of carbonyl (C=O) groups excluding carboxylic acids is 1. The maximum absolute atomic E-state index is 10.8. The fourth-order valence-electron chi connectivity index (χ4n) is 1.25. The van der Waals surface area contributed by atoms with Gasteiger partial charge in [-0.05, 0) is 23.8 Å². The van der Waals surface area contributed by atoms with Crippen LogP contribution >= 0.6 is 0 Å². The van der Waals surface area contributed by atoms with E-state index in [1.165, 1.54) is 13.0 Å². The first kappa shape index (κ1) is 12.9. The third-order valence-electron chi connectivity index (χ3n) is 1.99. The molecule has 1 rings (SSSR count). The lowest BCUT2D eigenvalue weighted by molar-refractivity contribution is -0.131.